The molecule has 1 aliphatic rings. The lowest BCUT2D eigenvalue weighted by atomic mass is 10.1. The van der Waals surface area contributed by atoms with E-state index in [1.807, 2.05) is 6.07 Å². The van der Waals surface area contributed by atoms with Crippen molar-refractivity contribution < 1.29 is 4.92 Å². The maximum atomic E-state index is 10.5. The Balaban J connectivity index is 1.95. The molecule has 1 N–H and O–H groups in total. The van der Waals surface area contributed by atoms with Crippen LogP contribution in [0.25, 0.3) is 0 Å². The zero-order chi connectivity index (χ0) is 11.5. The minimum Gasteiger partial charge on any atom is -0.314 e. The van der Waals surface area contributed by atoms with E-state index >= 15 is 0 Å². The molecule has 0 radical (unpaired) electrons. The molecule has 1 aromatic carbocycles. The summed E-state index contributed by atoms with van der Waals surface area (Å²) >= 11 is 3.37. The van der Waals surface area contributed by atoms with E-state index < -0.39 is 0 Å². The number of nitro benzene ring substituents is 1. The number of rotatable bonds is 5. The van der Waals surface area contributed by atoms with Crippen LogP contribution in [0, 0.1) is 10.1 Å². The van der Waals surface area contributed by atoms with Gasteiger partial charge < -0.3 is 5.32 Å². The Labute approximate surface area is 102 Å². The first-order valence-electron chi connectivity index (χ1n) is 5.33. The van der Waals surface area contributed by atoms with Crippen LogP contribution in [-0.2, 0) is 6.42 Å². The lowest BCUT2D eigenvalue weighted by molar-refractivity contribution is -0.384. The topological polar surface area (TPSA) is 55.2 Å². The summed E-state index contributed by atoms with van der Waals surface area (Å²) in [4.78, 5) is 10.2. The molecule has 0 heterocycles. The zero-order valence-electron chi connectivity index (χ0n) is 8.78. The second kappa shape index (κ2) is 4.93. The molecule has 5 heteroatoms. The van der Waals surface area contributed by atoms with Crippen molar-refractivity contribution >= 4 is 21.6 Å². The van der Waals surface area contributed by atoms with Crippen LogP contribution < -0.4 is 5.32 Å². The largest absolute Gasteiger partial charge is 0.314 e. The van der Waals surface area contributed by atoms with E-state index in [9.17, 15) is 10.1 Å². The number of nitro groups is 1. The number of benzene rings is 1. The average Bonchev–Trinajstić information content (AvgIpc) is 3.04. The van der Waals surface area contributed by atoms with Gasteiger partial charge in [-0.25, -0.2) is 0 Å². The smallest absolute Gasteiger partial charge is 0.270 e. The van der Waals surface area contributed by atoms with E-state index in [4.69, 9.17) is 0 Å². The van der Waals surface area contributed by atoms with Crippen LogP contribution in [0.15, 0.2) is 22.7 Å². The van der Waals surface area contributed by atoms with Crippen molar-refractivity contribution in [2.45, 2.75) is 25.3 Å². The molecule has 16 heavy (non-hydrogen) atoms. The highest BCUT2D eigenvalue weighted by Crippen LogP contribution is 2.23. The van der Waals surface area contributed by atoms with Gasteiger partial charge in [0.25, 0.3) is 5.69 Å². The first kappa shape index (κ1) is 11.5. The van der Waals surface area contributed by atoms with E-state index in [0.717, 1.165) is 23.0 Å². The molecule has 0 saturated heterocycles. The summed E-state index contributed by atoms with van der Waals surface area (Å²) in [5.41, 5.74) is 1.24. The fourth-order valence-corrected chi connectivity index (χ4v) is 2.12. The second-order valence-corrected chi connectivity index (χ2v) is 4.87. The summed E-state index contributed by atoms with van der Waals surface area (Å²) in [7, 11) is 0. The summed E-state index contributed by atoms with van der Waals surface area (Å²) in [5, 5.41) is 14.0. The van der Waals surface area contributed by atoms with Crippen LogP contribution in [0.3, 0.4) is 0 Å². The van der Waals surface area contributed by atoms with Crippen molar-refractivity contribution in [2.24, 2.45) is 0 Å². The van der Waals surface area contributed by atoms with E-state index in [2.05, 4.69) is 21.2 Å². The zero-order valence-corrected chi connectivity index (χ0v) is 10.4. The summed E-state index contributed by atoms with van der Waals surface area (Å²) < 4.78 is 0.819. The summed E-state index contributed by atoms with van der Waals surface area (Å²) in [6.07, 6.45) is 3.46. The number of hydrogen-bond donors (Lipinski definition) is 1. The molecule has 0 amide bonds. The summed E-state index contributed by atoms with van der Waals surface area (Å²) in [6, 6.07) is 5.64. The molecular weight excluding hydrogens is 272 g/mol. The predicted octanol–water partition coefficient (Wildman–Crippen LogP) is 2.65. The highest BCUT2D eigenvalue weighted by Gasteiger charge is 2.19. The van der Waals surface area contributed by atoms with E-state index in [-0.39, 0.29) is 10.6 Å². The molecule has 1 aromatic rings. The Morgan fingerprint density at radius 1 is 1.50 bits per heavy atom. The van der Waals surface area contributed by atoms with Crippen LogP contribution in [0.1, 0.15) is 18.4 Å². The van der Waals surface area contributed by atoms with Gasteiger partial charge in [-0.3, -0.25) is 10.1 Å². The molecule has 2 rings (SSSR count). The van der Waals surface area contributed by atoms with Gasteiger partial charge in [0.05, 0.1) is 4.92 Å². The van der Waals surface area contributed by atoms with Gasteiger partial charge in [0.2, 0.25) is 0 Å². The normalized spacial score (nSPS) is 15.1. The number of halogens is 1. The van der Waals surface area contributed by atoms with Crippen LogP contribution >= 0.6 is 15.9 Å². The quantitative estimate of drug-likeness (QED) is 0.668. The third-order valence-corrected chi connectivity index (χ3v) is 3.39. The Kier molecular flexibility index (Phi) is 3.56. The highest BCUT2D eigenvalue weighted by molar-refractivity contribution is 9.10. The average molecular weight is 285 g/mol. The molecule has 0 atom stereocenters. The lowest BCUT2D eigenvalue weighted by Gasteiger charge is -2.05. The minimum absolute atomic E-state index is 0.130. The van der Waals surface area contributed by atoms with Crippen molar-refractivity contribution in [1.29, 1.82) is 0 Å². The lowest BCUT2D eigenvalue weighted by Crippen LogP contribution is -2.19. The standard InChI is InChI=1S/C11H13BrN2O2/c12-11-7-10(14(15)16)4-1-8(11)5-6-13-9-2-3-9/h1,4,7,9,13H,2-3,5-6H2. The number of nitrogens with zero attached hydrogens (tertiary/aromatic N) is 1. The molecule has 4 nitrogen and oxygen atoms in total. The number of nitrogens with one attached hydrogen (secondary N) is 1. The van der Waals surface area contributed by atoms with Crippen molar-refractivity contribution in [2.75, 3.05) is 6.54 Å². The molecule has 0 aromatic heterocycles. The van der Waals surface area contributed by atoms with Crippen molar-refractivity contribution in [3.05, 3.63) is 38.3 Å². The van der Waals surface area contributed by atoms with Gasteiger partial charge in [-0.15, -0.1) is 0 Å². The predicted molar refractivity (Wildman–Crippen MR) is 65.5 cm³/mol. The second-order valence-electron chi connectivity index (χ2n) is 4.01. The molecular formula is C11H13BrN2O2. The maximum absolute atomic E-state index is 10.5. The first-order chi connectivity index (χ1) is 7.66. The molecule has 0 unspecified atom stereocenters. The number of non-ortho nitro benzene ring substituents is 1. The van der Waals surface area contributed by atoms with Crippen LogP contribution in [0.4, 0.5) is 5.69 Å². The molecule has 0 bridgehead atoms. The number of hydrogen-bond acceptors (Lipinski definition) is 3. The van der Waals surface area contributed by atoms with Crippen molar-refractivity contribution in [3.63, 3.8) is 0 Å². The van der Waals surface area contributed by atoms with Gasteiger partial charge >= 0.3 is 0 Å². The Bertz CT molecular complexity index is 405. The van der Waals surface area contributed by atoms with Gasteiger partial charge in [-0.2, -0.15) is 0 Å². The Morgan fingerprint density at radius 3 is 2.81 bits per heavy atom. The highest BCUT2D eigenvalue weighted by atomic mass is 79.9. The van der Waals surface area contributed by atoms with Gasteiger partial charge in [-0.05, 0) is 31.4 Å². The van der Waals surface area contributed by atoms with Gasteiger partial charge in [-0.1, -0.05) is 22.0 Å². The fourth-order valence-electron chi connectivity index (χ4n) is 1.55. The summed E-state index contributed by atoms with van der Waals surface area (Å²) in [5.74, 6) is 0. The van der Waals surface area contributed by atoms with E-state index in [0.29, 0.717) is 6.04 Å². The van der Waals surface area contributed by atoms with Crippen LogP contribution in [-0.4, -0.2) is 17.5 Å². The summed E-state index contributed by atoms with van der Waals surface area (Å²) in [6.45, 7) is 0.932. The van der Waals surface area contributed by atoms with Crippen molar-refractivity contribution in [3.8, 4) is 0 Å². The Hall–Kier alpha value is -0.940. The molecule has 1 aliphatic carbocycles. The van der Waals surface area contributed by atoms with Gasteiger partial charge in [0, 0.05) is 22.6 Å². The van der Waals surface area contributed by atoms with Crippen molar-refractivity contribution in [1.82, 2.24) is 5.32 Å². The van der Waals surface area contributed by atoms with Gasteiger partial charge in [0.15, 0.2) is 0 Å². The molecule has 1 saturated carbocycles. The monoisotopic (exact) mass is 284 g/mol. The first-order valence-corrected chi connectivity index (χ1v) is 6.12. The van der Waals surface area contributed by atoms with Gasteiger partial charge in [0.1, 0.15) is 0 Å². The molecule has 86 valence electrons. The van der Waals surface area contributed by atoms with Crippen LogP contribution in [0.2, 0.25) is 0 Å². The third kappa shape index (κ3) is 3.02. The fraction of sp³-hybridized carbons (Fsp3) is 0.455. The third-order valence-electron chi connectivity index (χ3n) is 2.65. The minimum atomic E-state index is -0.378. The van der Waals surface area contributed by atoms with E-state index in [1.165, 1.54) is 12.8 Å². The maximum Gasteiger partial charge on any atom is 0.270 e. The van der Waals surface area contributed by atoms with E-state index in [1.54, 1.807) is 12.1 Å². The SMILES string of the molecule is O=[N+]([O-])c1ccc(CCNC2CC2)c(Br)c1. The Morgan fingerprint density at radius 2 is 2.25 bits per heavy atom. The van der Waals surface area contributed by atoms with Crippen LogP contribution in [0.5, 0.6) is 0 Å². The molecule has 1 fully saturated rings. The molecule has 0 spiro atoms. The molecule has 0 aliphatic heterocycles.